The number of anilines is 2. The zero-order chi connectivity index (χ0) is 27.5. The fourth-order valence-electron chi connectivity index (χ4n) is 6.09. The second-order valence-corrected chi connectivity index (χ2v) is 10.9. The van der Waals surface area contributed by atoms with E-state index in [1.165, 1.54) is 29.3 Å². The molecular weight excluding hydrogens is 490 g/mol. The smallest absolute Gasteiger partial charge is 0.318 e. The zero-order valence-electron chi connectivity index (χ0n) is 23.4. The van der Waals surface area contributed by atoms with Crippen LogP contribution in [0.1, 0.15) is 41.6 Å². The molecule has 3 aliphatic heterocycles. The molecule has 0 unspecified atom stereocenters. The Morgan fingerprint density at radius 2 is 2.03 bits per heavy atom. The van der Waals surface area contributed by atoms with Gasteiger partial charge in [-0.05, 0) is 70.0 Å². The molecule has 0 aliphatic carbocycles. The maximum Gasteiger partial charge on any atom is 0.318 e. The van der Waals surface area contributed by atoms with Gasteiger partial charge in [0.15, 0.2) is 0 Å². The van der Waals surface area contributed by atoms with E-state index >= 15 is 0 Å². The van der Waals surface area contributed by atoms with E-state index in [9.17, 15) is 10.1 Å². The summed E-state index contributed by atoms with van der Waals surface area (Å²) in [5.74, 6) is 0.748. The van der Waals surface area contributed by atoms with Gasteiger partial charge in [-0.2, -0.15) is 15.2 Å². The molecule has 39 heavy (non-hydrogen) atoms. The molecule has 2 aromatic rings. The number of hydrogen-bond donors (Lipinski definition) is 0. The number of rotatable bonds is 7. The van der Waals surface area contributed by atoms with Crippen LogP contribution in [0.5, 0.6) is 6.01 Å². The van der Waals surface area contributed by atoms with Gasteiger partial charge in [0.2, 0.25) is 5.91 Å². The van der Waals surface area contributed by atoms with Crippen molar-refractivity contribution in [2.24, 2.45) is 0 Å². The minimum atomic E-state index is -0.216. The van der Waals surface area contributed by atoms with E-state index in [0.29, 0.717) is 44.8 Å². The highest BCUT2D eigenvalue weighted by atomic mass is 16.5. The molecular formula is C30H39N7O2. The van der Waals surface area contributed by atoms with Crippen LogP contribution in [0.2, 0.25) is 0 Å². The minimum absolute atomic E-state index is 0.131. The van der Waals surface area contributed by atoms with Gasteiger partial charge in [0, 0.05) is 43.5 Å². The van der Waals surface area contributed by atoms with Crippen LogP contribution >= 0.6 is 0 Å². The number of piperazine rings is 1. The topological polar surface area (TPSA) is 88.8 Å². The summed E-state index contributed by atoms with van der Waals surface area (Å²) >= 11 is 0. The number of benzene rings is 1. The van der Waals surface area contributed by atoms with Crippen molar-refractivity contribution in [1.82, 2.24) is 19.8 Å². The highest BCUT2D eigenvalue weighted by Crippen LogP contribution is 2.34. The van der Waals surface area contributed by atoms with Crippen molar-refractivity contribution >= 4 is 17.4 Å². The normalized spacial score (nSPS) is 21.4. The monoisotopic (exact) mass is 529 g/mol. The number of likely N-dealkylation sites (tertiary alicyclic amines) is 1. The predicted molar refractivity (Wildman–Crippen MR) is 152 cm³/mol. The van der Waals surface area contributed by atoms with E-state index in [1.807, 2.05) is 0 Å². The molecule has 4 heterocycles. The fourth-order valence-corrected chi connectivity index (χ4v) is 6.09. The van der Waals surface area contributed by atoms with Crippen molar-refractivity contribution < 1.29 is 9.53 Å². The van der Waals surface area contributed by atoms with Crippen LogP contribution in [-0.2, 0) is 17.8 Å². The summed E-state index contributed by atoms with van der Waals surface area (Å²) in [5, 5.41) is 9.47. The van der Waals surface area contributed by atoms with E-state index < -0.39 is 0 Å². The Morgan fingerprint density at radius 1 is 1.18 bits per heavy atom. The van der Waals surface area contributed by atoms with Gasteiger partial charge in [-0.25, -0.2) is 0 Å². The molecule has 9 nitrogen and oxygen atoms in total. The van der Waals surface area contributed by atoms with Crippen LogP contribution in [-0.4, -0.2) is 84.1 Å². The molecule has 0 radical (unpaired) electrons. The van der Waals surface area contributed by atoms with Gasteiger partial charge < -0.3 is 24.3 Å². The first-order chi connectivity index (χ1) is 18.9. The second-order valence-electron chi connectivity index (χ2n) is 10.9. The lowest BCUT2D eigenvalue weighted by Gasteiger charge is -2.42. The molecule has 1 amide bonds. The highest BCUT2D eigenvalue weighted by Gasteiger charge is 2.33. The zero-order valence-corrected chi connectivity index (χ0v) is 23.4. The summed E-state index contributed by atoms with van der Waals surface area (Å²) in [7, 11) is 2.14. The molecule has 2 saturated heterocycles. The number of amides is 1. The van der Waals surface area contributed by atoms with Gasteiger partial charge in [-0.15, -0.1) is 0 Å². The molecule has 0 N–H and O–H groups in total. The predicted octanol–water partition coefficient (Wildman–Crippen LogP) is 3.25. The Morgan fingerprint density at radius 3 is 2.77 bits per heavy atom. The summed E-state index contributed by atoms with van der Waals surface area (Å²) < 4.78 is 6.25. The van der Waals surface area contributed by atoms with Crippen LogP contribution in [0.15, 0.2) is 30.9 Å². The van der Waals surface area contributed by atoms with Crippen LogP contribution in [0.25, 0.3) is 0 Å². The standard InChI is InChI=1S/C30H39N7O2/c1-5-28(38)37-17-16-36(18-23(37)11-13-31)29-25-12-15-35(27-10-6-8-21(2)22(27)3)19-26(25)32-30(33-29)39-20-24-9-7-14-34(24)4/h5-6,8,10,23-24H,1,7,9,11-12,14-20H2,2-4H3/t23-,24-/m0/s1. The number of ether oxygens (including phenoxy) is 1. The summed E-state index contributed by atoms with van der Waals surface area (Å²) in [6.07, 6.45) is 4.71. The van der Waals surface area contributed by atoms with Gasteiger partial charge in [-0.3, -0.25) is 4.79 Å². The Kier molecular flexibility index (Phi) is 8.03. The van der Waals surface area contributed by atoms with Crippen molar-refractivity contribution in [3.63, 3.8) is 0 Å². The number of aromatic nitrogens is 2. The Balaban J connectivity index is 1.46. The van der Waals surface area contributed by atoms with Crippen LogP contribution in [0.3, 0.4) is 0 Å². The van der Waals surface area contributed by atoms with Crippen molar-refractivity contribution in [2.45, 2.75) is 58.2 Å². The van der Waals surface area contributed by atoms with E-state index in [-0.39, 0.29) is 18.4 Å². The van der Waals surface area contributed by atoms with Crippen molar-refractivity contribution in [1.29, 1.82) is 5.26 Å². The number of likely N-dealkylation sites (N-methyl/N-ethyl adjacent to an activating group) is 1. The number of nitriles is 1. The van der Waals surface area contributed by atoms with Crippen molar-refractivity contribution in [3.05, 3.63) is 53.2 Å². The molecule has 2 fully saturated rings. The average molecular weight is 530 g/mol. The summed E-state index contributed by atoms with van der Waals surface area (Å²) in [6, 6.07) is 9.27. The molecule has 5 rings (SSSR count). The van der Waals surface area contributed by atoms with Crippen LogP contribution in [0.4, 0.5) is 11.5 Å². The van der Waals surface area contributed by atoms with Gasteiger partial charge in [-0.1, -0.05) is 18.7 Å². The fraction of sp³-hybridized carbons (Fsp3) is 0.533. The van der Waals surface area contributed by atoms with Gasteiger partial charge in [0.25, 0.3) is 0 Å². The lowest BCUT2D eigenvalue weighted by atomic mass is 10.0. The highest BCUT2D eigenvalue weighted by molar-refractivity contribution is 5.87. The first-order valence-electron chi connectivity index (χ1n) is 14.0. The molecule has 2 atom stereocenters. The third-order valence-electron chi connectivity index (χ3n) is 8.58. The molecule has 3 aliphatic rings. The first kappa shape index (κ1) is 26.9. The van der Waals surface area contributed by atoms with Crippen LogP contribution < -0.4 is 14.5 Å². The number of hydrogen-bond acceptors (Lipinski definition) is 8. The SMILES string of the molecule is C=CC(=O)N1CCN(c2nc(OC[C@@H]3CCCN3C)nc3c2CCN(c2cccc(C)c2C)C3)C[C@@H]1CC#N. The summed E-state index contributed by atoms with van der Waals surface area (Å²) in [5.41, 5.74) is 5.94. The molecule has 0 spiro atoms. The lowest BCUT2D eigenvalue weighted by molar-refractivity contribution is -0.128. The van der Waals surface area contributed by atoms with Gasteiger partial charge in [0.1, 0.15) is 12.4 Å². The Labute approximate surface area is 231 Å². The molecule has 0 saturated carbocycles. The molecule has 1 aromatic carbocycles. The number of carbonyl (C=O) groups is 1. The maximum atomic E-state index is 12.5. The summed E-state index contributed by atoms with van der Waals surface area (Å²) in [4.78, 5) is 31.1. The summed E-state index contributed by atoms with van der Waals surface area (Å²) in [6.45, 7) is 12.9. The number of nitrogens with zero attached hydrogens (tertiary/aromatic N) is 7. The minimum Gasteiger partial charge on any atom is -0.462 e. The van der Waals surface area contributed by atoms with E-state index in [2.05, 4.69) is 66.4 Å². The molecule has 206 valence electrons. The first-order valence-corrected chi connectivity index (χ1v) is 14.0. The quantitative estimate of drug-likeness (QED) is 0.505. The molecule has 9 heteroatoms. The Hall–Kier alpha value is -3.64. The number of aryl methyl sites for hydroxylation is 1. The largest absolute Gasteiger partial charge is 0.462 e. The van der Waals surface area contributed by atoms with Crippen molar-refractivity contribution in [2.75, 3.05) is 56.2 Å². The number of fused-ring (bicyclic) bond motifs is 1. The molecule has 1 aromatic heterocycles. The number of carbonyl (C=O) groups excluding carboxylic acids is 1. The third-order valence-corrected chi connectivity index (χ3v) is 8.58. The van der Waals surface area contributed by atoms with E-state index in [0.717, 1.165) is 43.0 Å². The second kappa shape index (κ2) is 11.6. The average Bonchev–Trinajstić information content (AvgIpc) is 3.36. The molecule has 0 bridgehead atoms. The lowest BCUT2D eigenvalue weighted by Crippen LogP contribution is -2.55. The third kappa shape index (κ3) is 5.57. The van der Waals surface area contributed by atoms with Crippen LogP contribution in [0, 0.1) is 25.2 Å². The van der Waals surface area contributed by atoms with Crippen molar-refractivity contribution in [3.8, 4) is 12.1 Å². The van der Waals surface area contributed by atoms with Gasteiger partial charge in [0.05, 0.1) is 30.8 Å². The Bertz CT molecular complexity index is 1270. The van der Waals surface area contributed by atoms with E-state index in [1.54, 1.807) is 4.90 Å². The van der Waals surface area contributed by atoms with E-state index in [4.69, 9.17) is 14.7 Å². The van der Waals surface area contributed by atoms with Gasteiger partial charge >= 0.3 is 6.01 Å². The maximum absolute atomic E-state index is 12.5.